The van der Waals surface area contributed by atoms with Crippen LogP contribution in [0.2, 0.25) is 10.0 Å². The number of carbonyl (C=O) groups is 4. The molecule has 0 saturated carbocycles. The second kappa shape index (κ2) is 9.93. The fourth-order valence-electron chi connectivity index (χ4n) is 2.99. The lowest BCUT2D eigenvalue weighted by atomic mass is 10.1. The monoisotopic (exact) mass is 492 g/mol. The summed E-state index contributed by atoms with van der Waals surface area (Å²) in [7, 11) is 0. The first kappa shape index (κ1) is 24.1. The molecule has 0 atom stereocenters. The molecule has 172 valence electrons. The lowest BCUT2D eigenvalue weighted by molar-refractivity contribution is -0.139. The van der Waals surface area contributed by atoms with Gasteiger partial charge >= 0.3 is 12.0 Å². The number of hydrogen-bond acceptors (Lipinski definition) is 6. The number of aliphatic carboxylic acids is 1. The van der Waals surface area contributed by atoms with Crippen LogP contribution in [0.1, 0.15) is 18.1 Å². The lowest BCUT2D eigenvalue weighted by Gasteiger charge is -2.26. The predicted molar refractivity (Wildman–Crippen MR) is 121 cm³/mol. The second-order valence-corrected chi connectivity index (χ2v) is 7.65. The van der Waals surface area contributed by atoms with Crippen LogP contribution in [-0.2, 0) is 14.4 Å². The molecule has 1 fully saturated rings. The molecule has 2 aromatic carbocycles. The van der Waals surface area contributed by atoms with Crippen molar-refractivity contribution in [2.24, 2.45) is 0 Å². The van der Waals surface area contributed by atoms with E-state index in [1.54, 1.807) is 19.9 Å². The van der Waals surface area contributed by atoms with E-state index in [4.69, 9.17) is 37.8 Å². The van der Waals surface area contributed by atoms with Gasteiger partial charge in [0.1, 0.15) is 5.57 Å². The number of halogens is 2. The standard InChI is InChI=1S/C22H18Cl2N2O7/c1-3-32-17-8-12(7-16(24)19(17)33-10-18(27)28)6-14-20(29)25-22(31)26(21(14)30)13-5-4-11(2)15(23)9-13/h4-9H,3,10H2,1-2H3,(H,27,28)(H,25,29,31)/b14-6-. The Hall–Kier alpha value is -3.56. The minimum Gasteiger partial charge on any atom is -0.490 e. The first-order valence-electron chi connectivity index (χ1n) is 9.61. The van der Waals surface area contributed by atoms with Crippen molar-refractivity contribution < 1.29 is 33.8 Å². The van der Waals surface area contributed by atoms with Gasteiger partial charge in [-0.2, -0.15) is 0 Å². The molecule has 2 N–H and O–H groups in total. The maximum atomic E-state index is 13.1. The third-order valence-corrected chi connectivity index (χ3v) is 5.19. The zero-order valence-corrected chi connectivity index (χ0v) is 19.0. The van der Waals surface area contributed by atoms with Gasteiger partial charge in [-0.1, -0.05) is 29.3 Å². The van der Waals surface area contributed by atoms with Gasteiger partial charge in [-0.25, -0.2) is 14.5 Å². The van der Waals surface area contributed by atoms with Gasteiger partial charge < -0.3 is 14.6 Å². The summed E-state index contributed by atoms with van der Waals surface area (Å²) in [4.78, 5) is 49.5. The Labute approximate surface area is 198 Å². The molecular weight excluding hydrogens is 475 g/mol. The number of carboxylic acids is 1. The van der Waals surface area contributed by atoms with E-state index in [1.165, 1.54) is 30.3 Å². The molecule has 0 bridgehead atoms. The highest BCUT2D eigenvalue weighted by molar-refractivity contribution is 6.39. The Morgan fingerprint density at radius 3 is 2.48 bits per heavy atom. The number of aryl methyl sites for hydroxylation is 1. The normalized spacial score (nSPS) is 15.0. The molecule has 9 nitrogen and oxygen atoms in total. The van der Waals surface area contributed by atoms with Crippen LogP contribution in [0.4, 0.5) is 10.5 Å². The number of amides is 4. The van der Waals surface area contributed by atoms with Gasteiger partial charge in [0.05, 0.1) is 17.3 Å². The zero-order chi connectivity index (χ0) is 24.3. The molecule has 1 heterocycles. The summed E-state index contributed by atoms with van der Waals surface area (Å²) >= 11 is 12.4. The number of nitrogens with one attached hydrogen (secondary N) is 1. The molecule has 1 aliphatic rings. The minimum absolute atomic E-state index is 0.00795. The Bertz CT molecular complexity index is 1190. The lowest BCUT2D eigenvalue weighted by Crippen LogP contribution is -2.54. The first-order valence-corrected chi connectivity index (χ1v) is 10.4. The number of ether oxygens (including phenoxy) is 2. The maximum Gasteiger partial charge on any atom is 0.341 e. The number of nitrogens with zero attached hydrogens (tertiary/aromatic N) is 1. The van der Waals surface area contributed by atoms with E-state index in [0.717, 1.165) is 10.5 Å². The predicted octanol–water partition coefficient (Wildman–Crippen LogP) is 3.83. The minimum atomic E-state index is -1.20. The average Bonchev–Trinajstić information content (AvgIpc) is 2.73. The van der Waals surface area contributed by atoms with Crippen LogP contribution in [0, 0.1) is 6.92 Å². The summed E-state index contributed by atoms with van der Waals surface area (Å²) in [6, 6.07) is 6.52. The number of carboxylic acid groups (broad SMARTS) is 1. The average molecular weight is 493 g/mol. The molecule has 1 aliphatic heterocycles. The van der Waals surface area contributed by atoms with Crippen LogP contribution >= 0.6 is 23.2 Å². The SMILES string of the molecule is CCOc1cc(/C=C2/C(=O)NC(=O)N(c3ccc(C)c(Cl)c3)C2=O)cc(Cl)c1OCC(=O)O. The largest absolute Gasteiger partial charge is 0.490 e. The molecule has 0 radical (unpaired) electrons. The Morgan fingerprint density at radius 2 is 1.85 bits per heavy atom. The second-order valence-electron chi connectivity index (χ2n) is 6.84. The van der Waals surface area contributed by atoms with Crippen molar-refractivity contribution in [3.05, 3.63) is 57.1 Å². The van der Waals surface area contributed by atoms with Crippen molar-refractivity contribution in [3.63, 3.8) is 0 Å². The quantitative estimate of drug-likeness (QED) is 0.444. The van der Waals surface area contributed by atoms with Crippen molar-refractivity contribution >= 4 is 58.8 Å². The van der Waals surface area contributed by atoms with Gasteiger partial charge in [0.2, 0.25) is 0 Å². The first-order chi connectivity index (χ1) is 15.6. The number of imide groups is 2. The molecule has 11 heteroatoms. The Kier molecular flexibility index (Phi) is 7.25. The van der Waals surface area contributed by atoms with E-state index in [9.17, 15) is 19.2 Å². The molecule has 0 aliphatic carbocycles. The van der Waals surface area contributed by atoms with E-state index in [2.05, 4.69) is 5.32 Å². The summed E-state index contributed by atoms with van der Waals surface area (Å²) in [5.74, 6) is -2.82. The van der Waals surface area contributed by atoms with Crippen molar-refractivity contribution in [1.82, 2.24) is 5.32 Å². The van der Waals surface area contributed by atoms with E-state index >= 15 is 0 Å². The number of anilines is 1. The molecule has 3 rings (SSSR count). The smallest absolute Gasteiger partial charge is 0.341 e. The fourth-order valence-corrected chi connectivity index (χ4v) is 3.44. The van der Waals surface area contributed by atoms with Gasteiger partial charge in [0, 0.05) is 5.02 Å². The molecular formula is C22H18Cl2N2O7. The van der Waals surface area contributed by atoms with Crippen LogP contribution in [0.3, 0.4) is 0 Å². The number of hydrogen-bond donors (Lipinski definition) is 2. The molecule has 0 unspecified atom stereocenters. The number of barbiturate groups is 1. The van der Waals surface area contributed by atoms with Crippen LogP contribution in [0.15, 0.2) is 35.9 Å². The van der Waals surface area contributed by atoms with Crippen molar-refractivity contribution in [2.45, 2.75) is 13.8 Å². The van der Waals surface area contributed by atoms with Gasteiger partial charge in [-0.15, -0.1) is 0 Å². The number of urea groups is 1. The third-order valence-electron chi connectivity index (χ3n) is 4.50. The highest BCUT2D eigenvalue weighted by Gasteiger charge is 2.37. The number of benzene rings is 2. The molecule has 0 aromatic heterocycles. The third kappa shape index (κ3) is 5.27. The highest BCUT2D eigenvalue weighted by Crippen LogP contribution is 2.37. The van der Waals surface area contributed by atoms with Crippen molar-refractivity contribution in [3.8, 4) is 11.5 Å². The van der Waals surface area contributed by atoms with E-state index in [0.29, 0.717) is 10.6 Å². The van der Waals surface area contributed by atoms with Gasteiger partial charge in [-0.05, 0) is 55.3 Å². The van der Waals surface area contributed by atoms with Crippen LogP contribution in [0.5, 0.6) is 11.5 Å². The highest BCUT2D eigenvalue weighted by atomic mass is 35.5. The summed E-state index contributed by atoms with van der Waals surface area (Å²) < 4.78 is 10.7. The molecule has 4 amide bonds. The summed E-state index contributed by atoms with van der Waals surface area (Å²) in [6.07, 6.45) is 1.24. The van der Waals surface area contributed by atoms with Gasteiger partial charge in [0.15, 0.2) is 18.1 Å². The number of rotatable bonds is 7. The van der Waals surface area contributed by atoms with Crippen LogP contribution < -0.4 is 19.7 Å². The molecule has 1 saturated heterocycles. The summed E-state index contributed by atoms with van der Waals surface area (Å²) in [5.41, 5.74) is 0.905. The van der Waals surface area contributed by atoms with Crippen molar-refractivity contribution in [1.29, 1.82) is 0 Å². The van der Waals surface area contributed by atoms with E-state index in [1.807, 2.05) is 0 Å². The summed E-state index contributed by atoms with van der Waals surface area (Å²) in [5, 5.41) is 11.3. The fraction of sp³-hybridized carbons (Fsp3) is 0.182. The zero-order valence-electron chi connectivity index (χ0n) is 17.5. The summed E-state index contributed by atoms with van der Waals surface area (Å²) in [6.45, 7) is 3.05. The molecule has 0 spiro atoms. The van der Waals surface area contributed by atoms with Crippen LogP contribution in [-0.4, -0.2) is 42.1 Å². The van der Waals surface area contributed by atoms with Crippen LogP contribution in [0.25, 0.3) is 6.08 Å². The van der Waals surface area contributed by atoms with E-state index in [-0.39, 0.29) is 34.4 Å². The van der Waals surface area contributed by atoms with Gasteiger partial charge in [-0.3, -0.25) is 14.9 Å². The van der Waals surface area contributed by atoms with Gasteiger partial charge in [0.25, 0.3) is 11.8 Å². The number of carbonyl (C=O) groups excluding carboxylic acids is 3. The molecule has 2 aromatic rings. The Balaban J connectivity index is 2.02. The van der Waals surface area contributed by atoms with E-state index < -0.39 is 30.4 Å². The van der Waals surface area contributed by atoms with Crippen molar-refractivity contribution in [2.75, 3.05) is 18.1 Å². The topological polar surface area (TPSA) is 122 Å². The maximum absolute atomic E-state index is 13.1. The Morgan fingerprint density at radius 1 is 1.12 bits per heavy atom. The molecule has 33 heavy (non-hydrogen) atoms.